The molecule has 134 valence electrons. The second kappa shape index (κ2) is 9.38. The minimum atomic E-state index is 0.795. The van der Waals surface area contributed by atoms with Crippen molar-refractivity contribution in [2.75, 3.05) is 0 Å². The summed E-state index contributed by atoms with van der Waals surface area (Å²) in [7, 11) is 0.795. The van der Waals surface area contributed by atoms with Crippen molar-refractivity contribution < 1.29 is 0 Å². The minimum Gasteiger partial charge on any atom is -0.0613 e. The van der Waals surface area contributed by atoms with E-state index >= 15 is 0 Å². The molecule has 0 aliphatic heterocycles. The van der Waals surface area contributed by atoms with Crippen LogP contribution in [0.25, 0.3) is 0 Å². The van der Waals surface area contributed by atoms with Gasteiger partial charge in [0.05, 0.1) is 0 Å². The molecule has 2 aromatic rings. The molecule has 0 N–H and O–H groups in total. The Hall–Kier alpha value is -1.34. The zero-order valence-corrected chi connectivity index (χ0v) is 18.1. The number of benzene rings is 2. The Bertz CT molecular complexity index is 601. The largest absolute Gasteiger partial charge is 0.123 e. The van der Waals surface area contributed by atoms with Gasteiger partial charge in [0.1, 0.15) is 9.52 Å². The normalized spacial score (nSPS) is 11.1. The van der Waals surface area contributed by atoms with Gasteiger partial charge in [-0.2, -0.15) is 0 Å². The minimum absolute atomic E-state index is 0.795. The Labute approximate surface area is 157 Å². The van der Waals surface area contributed by atoms with Gasteiger partial charge < -0.3 is 0 Å². The molecule has 0 saturated heterocycles. The lowest BCUT2D eigenvalue weighted by atomic mass is 10.0. The third kappa shape index (κ3) is 4.44. The van der Waals surface area contributed by atoms with Gasteiger partial charge in [-0.3, -0.25) is 0 Å². The molecule has 1 heteroatoms. The van der Waals surface area contributed by atoms with E-state index in [2.05, 4.69) is 65.8 Å². The number of hydrogen-bond acceptors (Lipinski definition) is 0. The van der Waals surface area contributed by atoms with Gasteiger partial charge in [0, 0.05) is 0 Å². The molecular weight excluding hydrogens is 316 g/mol. The molecule has 0 saturated carbocycles. The Morgan fingerprint density at radius 2 is 0.760 bits per heavy atom. The van der Waals surface area contributed by atoms with Gasteiger partial charge in [0.15, 0.2) is 0 Å². The van der Waals surface area contributed by atoms with E-state index in [9.17, 15) is 0 Å². The van der Waals surface area contributed by atoms with Gasteiger partial charge in [-0.15, -0.1) is 0 Å². The van der Waals surface area contributed by atoms with E-state index in [0.29, 0.717) is 0 Å². The standard InChI is InChI=1S/C24H34Si/c1-7-17-13-19(9-3)23(20(10-4)14-17)25-24-21(11-5)15-18(8-2)16-22(24)12-6/h13-16H,7-12H2,1-6H3. The molecule has 0 spiro atoms. The summed E-state index contributed by atoms with van der Waals surface area (Å²) >= 11 is 0. The van der Waals surface area contributed by atoms with Gasteiger partial charge >= 0.3 is 0 Å². The van der Waals surface area contributed by atoms with Crippen molar-refractivity contribution in [3.8, 4) is 0 Å². The van der Waals surface area contributed by atoms with Crippen LogP contribution < -0.4 is 10.4 Å². The summed E-state index contributed by atoms with van der Waals surface area (Å²) < 4.78 is 0. The van der Waals surface area contributed by atoms with Crippen LogP contribution >= 0.6 is 0 Å². The summed E-state index contributed by atoms with van der Waals surface area (Å²) in [4.78, 5) is 0. The third-order valence-electron chi connectivity index (χ3n) is 5.31. The summed E-state index contributed by atoms with van der Waals surface area (Å²) in [6.07, 6.45) is 6.82. The highest BCUT2D eigenvalue weighted by Gasteiger charge is 2.15. The first-order valence-corrected chi connectivity index (χ1v) is 11.2. The molecular formula is C24H34Si. The fourth-order valence-electron chi connectivity index (χ4n) is 3.65. The summed E-state index contributed by atoms with van der Waals surface area (Å²) in [5.41, 5.74) is 9.26. The molecule has 2 aromatic carbocycles. The SMILES string of the molecule is CCc1cc(CC)c([Si]c2c(CC)cc(CC)cc2CC)c(CC)c1. The second-order valence-corrected chi connectivity index (χ2v) is 8.07. The van der Waals surface area contributed by atoms with Crippen molar-refractivity contribution in [3.63, 3.8) is 0 Å². The maximum atomic E-state index is 2.46. The molecule has 0 atom stereocenters. The average molecular weight is 351 g/mol. The van der Waals surface area contributed by atoms with Crippen LogP contribution in [-0.4, -0.2) is 9.52 Å². The highest BCUT2D eigenvalue weighted by atomic mass is 28.2. The van der Waals surface area contributed by atoms with Crippen molar-refractivity contribution in [1.29, 1.82) is 0 Å². The molecule has 2 rings (SSSR count). The Kier molecular flexibility index (Phi) is 7.50. The average Bonchev–Trinajstić information content (AvgIpc) is 2.67. The zero-order chi connectivity index (χ0) is 18.4. The van der Waals surface area contributed by atoms with Crippen molar-refractivity contribution in [3.05, 3.63) is 57.6 Å². The Balaban J connectivity index is 2.59. The Morgan fingerprint density at radius 1 is 0.480 bits per heavy atom. The van der Waals surface area contributed by atoms with Gasteiger partial charge in [-0.1, -0.05) is 76.2 Å². The van der Waals surface area contributed by atoms with Crippen LogP contribution in [0.2, 0.25) is 0 Å². The van der Waals surface area contributed by atoms with E-state index in [1.807, 2.05) is 0 Å². The number of rotatable bonds is 8. The Morgan fingerprint density at radius 3 is 0.960 bits per heavy atom. The predicted octanol–water partition coefficient (Wildman–Crippen LogP) is 4.72. The first-order chi connectivity index (χ1) is 12.1. The molecule has 0 aliphatic rings. The van der Waals surface area contributed by atoms with Crippen molar-refractivity contribution in [2.45, 2.75) is 80.1 Å². The van der Waals surface area contributed by atoms with E-state index < -0.39 is 0 Å². The van der Waals surface area contributed by atoms with Crippen LogP contribution in [0, 0.1) is 0 Å². The van der Waals surface area contributed by atoms with Crippen LogP contribution in [0.5, 0.6) is 0 Å². The quantitative estimate of drug-likeness (QED) is 0.605. The molecule has 0 aliphatic carbocycles. The predicted molar refractivity (Wildman–Crippen MR) is 114 cm³/mol. The van der Waals surface area contributed by atoms with Gasteiger partial charge in [0.2, 0.25) is 0 Å². The van der Waals surface area contributed by atoms with Crippen LogP contribution in [0.4, 0.5) is 0 Å². The topological polar surface area (TPSA) is 0 Å². The fraction of sp³-hybridized carbons (Fsp3) is 0.500. The summed E-state index contributed by atoms with van der Waals surface area (Å²) in [6, 6.07) is 9.83. The zero-order valence-electron chi connectivity index (χ0n) is 17.1. The number of hydrogen-bond donors (Lipinski definition) is 0. The molecule has 0 aromatic heterocycles. The smallest absolute Gasteiger partial charge is 0.0613 e. The van der Waals surface area contributed by atoms with Crippen LogP contribution in [0.1, 0.15) is 74.9 Å². The molecule has 0 bridgehead atoms. The van der Waals surface area contributed by atoms with E-state index in [4.69, 9.17) is 0 Å². The molecule has 0 heterocycles. The lowest BCUT2D eigenvalue weighted by Crippen LogP contribution is -2.37. The van der Waals surface area contributed by atoms with Crippen LogP contribution in [-0.2, 0) is 38.5 Å². The van der Waals surface area contributed by atoms with Crippen molar-refractivity contribution in [1.82, 2.24) is 0 Å². The van der Waals surface area contributed by atoms with Gasteiger partial charge in [0.25, 0.3) is 0 Å². The molecule has 0 nitrogen and oxygen atoms in total. The lowest BCUT2D eigenvalue weighted by molar-refractivity contribution is 1.05. The third-order valence-corrected chi connectivity index (χ3v) is 7.10. The van der Waals surface area contributed by atoms with E-state index in [1.54, 1.807) is 32.6 Å². The van der Waals surface area contributed by atoms with Gasteiger partial charge in [-0.25, -0.2) is 0 Å². The second-order valence-electron chi connectivity index (χ2n) is 6.82. The molecule has 0 unspecified atom stereocenters. The monoisotopic (exact) mass is 350 g/mol. The molecule has 0 fully saturated rings. The highest BCUT2D eigenvalue weighted by Crippen LogP contribution is 2.14. The molecule has 25 heavy (non-hydrogen) atoms. The highest BCUT2D eigenvalue weighted by molar-refractivity contribution is 6.69. The van der Waals surface area contributed by atoms with Crippen LogP contribution in [0.3, 0.4) is 0 Å². The molecule has 0 amide bonds. The maximum Gasteiger partial charge on any atom is 0.123 e. The lowest BCUT2D eigenvalue weighted by Gasteiger charge is -2.20. The van der Waals surface area contributed by atoms with E-state index in [0.717, 1.165) is 48.0 Å². The first-order valence-electron chi connectivity index (χ1n) is 10.2. The fourth-order valence-corrected chi connectivity index (χ4v) is 5.54. The summed E-state index contributed by atoms with van der Waals surface area (Å²) in [6.45, 7) is 13.8. The molecule has 2 radical (unpaired) electrons. The van der Waals surface area contributed by atoms with Gasteiger partial charge in [-0.05, 0) is 71.9 Å². The maximum absolute atomic E-state index is 2.46. The summed E-state index contributed by atoms with van der Waals surface area (Å²) in [5.74, 6) is 0. The van der Waals surface area contributed by atoms with E-state index in [-0.39, 0.29) is 0 Å². The van der Waals surface area contributed by atoms with Crippen LogP contribution in [0.15, 0.2) is 24.3 Å². The van der Waals surface area contributed by atoms with Crippen molar-refractivity contribution in [2.24, 2.45) is 0 Å². The first kappa shape index (κ1) is 20.0. The number of aryl methyl sites for hydroxylation is 6. The summed E-state index contributed by atoms with van der Waals surface area (Å²) in [5, 5.41) is 3.24. The van der Waals surface area contributed by atoms with E-state index in [1.165, 1.54) is 11.1 Å². The van der Waals surface area contributed by atoms with Crippen molar-refractivity contribution >= 4 is 19.9 Å².